The number of amides is 1. The Hall–Kier alpha value is -2.28. The standard InChI is InChI=1S/C13H16N4O3/c18-12(15-20)8-2-1-5-9-17-13(19)10-6-3-4-7-11(10)14-16-17/h3-4,6-7,20H,1-2,5,8-9H2,(H,15,18). The van der Waals surface area contributed by atoms with Gasteiger partial charge in [0.15, 0.2) is 0 Å². The Bertz CT molecular complexity index is 653. The van der Waals surface area contributed by atoms with Gasteiger partial charge >= 0.3 is 0 Å². The van der Waals surface area contributed by atoms with Crippen molar-refractivity contribution in [3.05, 3.63) is 34.6 Å². The number of carbonyl (C=O) groups is 1. The van der Waals surface area contributed by atoms with Gasteiger partial charge in [0.25, 0.3) is 5.56 Å². The molecule has 0 saturated carbocycles. The van der Waals surface area contributed by atoms with Gasteiger partial charge in [0.1, 0.15) is 5.52 Å². The van der Waals surface area contributed by atoms with Gasteiger partial charge in [0, 0.05) is 13.0 Å². The molecule has 2 rings (SSSR count). The summed E-state index contributed by atoms with van der Waals surface area (Å²) in [7, 11) is 0. The van der Waals surface area contributed by atoms with E-state index in [1.54, 1.807) is 23.7 Å². The van der Waals surface area contributed by atoms with E-state index >= 15 is 0 Å². The molecule has 0 spiro atoms. The van der Waals surface area contributed by atoms with Crippen molar-refractivity contribution in [3.63, 3.8) is 0 Å². The molecule has 0 saturated heterocycles. The van der Waals surface area contributed by atoms with Gasteiger partial charge in [-0.05, 0) is 25.0 Å². The molecule has 1 amide bonds. The minimum atomic E-state index is -0.396. The van der Waals surface area contributed by atoms with Crippen molar-refractivity contribution in [2.45, 2.75) is 32.2 Å². The number of aryl methyl sites for hydroxylation is 1. The van der Waals surface area contributed by atoms with Gasteiger partial charge in [-0.2, -0.15) is 0 Å². The third kappa shape index (κ3) is 3.39. The number of nitrogens with one attached hydrogen (secondary N) is 1. The van der Waals surface area contributed by atoms with Gasteiger partial charge in [0.2, 0.25) is 5.91 Å². The fraction of sp³-hybridized carbons (Fsp3) is 0.385. The van der Waals surface area contributed by atoms with E-state index in [1.165, 1.54) is 4.68 Å². The van der Waals surface area contributed by atoms with E-state index in [-0.39, 0.29) is 12.0 Å². The second kappa shape index (κ2) is 6.76. The molecule has 0 atom stereocenters. The van der Waals surface area contributed by atoms with Crippen LogP contribution in [0.1, 0.15) is 25.7 Å². The van der Waals surface area contributed by atoms with Crippen molar-refractivity contribution in [2.24, 2.45) is 0 Å². The van der Waals surface area contributed by atoms with Gasteiger partial charge in [-0.1, -0.05) is 23.8 Å². The van der Waals surface area contributed by atoms with E-state index in [2.05, 4.69) is 10.3 Å². The number of hydroxylamine groups is 1. The summed E-state index contributed by atoms with van der Waals surface area (Å²) in [4.78, 5) is 22.9. The van der Waals surface area contributed by atoms with Crippen molar-refractivity contribution in [1.82, 2.24) is 20.5 Å². The van der Waals surface area contributed by atoms with E-state index in [0.717, 1.165) is 12.8 Å². The lowest BCUT2D eigenvalue weighted by Crippen LogP contribution is -2.24. The van der Waals surface area contributed by atoms with Crippen LogP contribution in [-0.2, 0) is 11.3 Å². The molecule has 106 valence electrons. The second-order valence-corrected chi connectivity index (χ2v) is 4.48. The normalized spacial score (nSPS) is 10.7. The van der Waals surface area contributed by atoms with Crippen LogP contribution in [0.25, 0.3) is 10.9 Å². The molecule has 0 aliphatic carbocycles. The summed E-state index contributed by atoms with van der Waals surface area (Å²) >= 11 is 0. The molecular weight excluding hydrogens is 260 g/mol. The summed E-state index contributed by atoms with van der Waals surface area (Å²) in [5, 5.41) is 16.8. The Morgan fingerprint density at radius 2 is 2.05 bits per heavy atom. The Morgan fingerprint density at radius 3 is 2.85 bits per heavy atom. The summed E-state index contributed by atoms with van der Waals surface area (Å²) in [6.07, 6.45) is 2.43. The zero-order valence-corrected chi connectivity index (χ0v) is 11.0. The first kappa shape index (κ1) is 14.1. The van der Waals surface area contributed by atoms with Crippen LogP contribution in [0.4, 0.5) is 0 Å². The first-order chi connectivity index (χ1) is 9.72. The number of benzene rings is 1. The zero-order chi connectivity index (χ0) is 14.4. The lowest BCUT2D eigenvalue weighted by atomic mass is 10.2. The SMILES string of the molecule is O=C(CCCCCn1nnc2ccccc2c1=O)NO. The van der Waals surface area contributed by atoms with Crippen LogP contribution < -0.4 is 11.0 Å². The van der Waals surface area contributed by atoms with Gasteiger partial charge in [-0.3, -0.25) is 14.8 Å². The van der Waals surface area contributed by atoms with Crippen LogP contribution in [0.15, 0.2) is 29.1 Å². The molecule has 7 nitrogen and oxygen atoms in total. The number of hydrogen-bond donors (Lipinski definition) is 2. The van der Waals surface area contributed by atoms with Crippen molar-refractivity contribution in [3.8, 4) is 0 Å². The maximum atomic E-state index is 12.1. The van der Waals surface area contributed by atoms with Gasteiger partial charge in [-0.25, -0.2) is 10.2 Å². The van der Waals surface area contributed by atoms with Crippen molar-refractivity contribution in [1.29, 1.82) is 0 Å². The average molecular weight is 276 g/mol. The smallest absolute Gasteiger partial charge is 0.277 e. The Balaban J connectivity index is 1.92. The minimum Gasteiger partial charge on any atom is -0.289 e. The monoisotopic (exact) mass is 276 g/mol. The van der Waals surface area contributed by atoms with Crippen LogP contribution in [0.3, 0.4) is 0 Å². The molecular formula is C13H16N4O3. The summed E-state index contributed by atoms with van der Waals surface area (Å²) in [5.41, 5.74) is 2.03. The molecule has 7 heteroatoms. The Labute approximate surface area is 115 Å². The van der Waals surface area contributed by atoms with Crippen LogP contribution in [0.2, 0.25) is 0 Å². The maximum Gasteiger partial charge on any atom is 0.277 e. The van der Waals surface area contributed by atoms with E-state index < -0.39 is 5.91 Å². The molecule has 2 N–H and O–H groups in total. The summed E-state index contributed by atoms with van der Waals surface area (Å²) in [6, 6.07) is 7.09. The van der Waals surface area contributed by atoms with Crippen LogP contribution in [0, 0.1) is 0 Å². The lowest BCUT2D eigenvalue weighted by Gasteiger charge is -2.04. The Kier molecular flexibility index (Phi) is 4.78. The van der Waals surface area contributed by atoms with E-state index in [0.29, 0.717) is 23.9 Å². The number of fused-ring (bicyclic) bond motifs is 1. The van der Waals surface area contributed by atoms with Crippen LogP contribution >= 0.6 is 0 Å². The van der Waals surface area contributed by atoms with Crippen molar-refractivity contribution >= 4 is 16.8 Å². The molecule has 2 aromatic rings. The predicted octanol–water partition coefficient (Wildman–Crippen LogP) is 0.857. The fourth-order valence-electron chi connectivity index (χ4n) is 1.95. The molecule has 0 fully saturated rings. The number of nitrogens with zero attached hydrogens (tertiary/aromatic N) is 3. The third-order valence-corrected chi connectivity index (χ3v) is 3.03. The Morgan fingerprint density at radius 1 is 1.25 bits per heavy atom. The summed E-state index contributed by atoms with van der Waals surface area (Å²) in [6.45, 7) is 0.470. The minimum absolute atomic E-state index is 0.149. The highest BCUT2D eigenvalue weighted by atomic mass is 16.5. The summed E-state index contributed by atoms with van der Waals surface area (Å²) < 4.78 is 1.34. The molecule has 0 aliphatic heterocycles. The van der Waals surface area contributed by atoms with Crippen LogP contribution in [0.5, 0.6) is 0 Å². The third-order valence-electron chi connectivity index (χ3n) is 3.03. The van der Waals surface area contributed by atoms with E-state index in [9.17, 15) is 9.59 Å². The summed E-state index contributed by atoms with van der Waals surface area (Å²) in [5.74, 6) is -0.396. The van der Waals surface area contributed by atoms with Gasteiger partial charge < -0.3 is 0 Å². The number of hydrogen-bond acceptors (Lipinski definition) is 5. The maximum absolute atomic E-state index is 12.1. The number of rotatable bonds is 6. The highest BCUT2D eigenvalue weighted by Gasteiger charge is 2.04. The molecule has 20 heavy (non-hydrogen) atoms. The topological polar surface area (TPSA) is 97.1 Å². The molecule has 0 bridgehead atoms. The number of aromatic nitrogens is 3. The average Bonchev–Trinajstić information content (AvgIpc) is 2.49. The van der Waals surface area contributed by atoms with Gasteiger partial charge in [0.05, 0.1) is 5.39 Å². The molecule has 1 aromatic heterocycles. The second-order valence-electron chi connectivity index (χ2n) is 4.48. The fourth-order valence-corrected chi connectivity index (χ4v) is 1.95. The molecule has 0 radical (unpaired) electrons. The van der Waals surface area contributed by atoms with E-state index in [1.807, 2.05) is 6.07 Å². The highest BCUT2D eigenvalue weighted by Crippen LogP contribution is 2.05. The quantitative estimate of drug-likeness (QED) is 0.463. The highest BCUT2D eigenvalue weighted by molar-refractivity contribution is 5.76. The largest absolute Gasteiger partial charge is 0.289 e. The number of carbonyl (C=O) groups excluding carboxylic acids is 1. The number of unbranched alkanes of at least 4 members (excludes halogenated alkanes) is 2. The molecule has 1 heterocycles. The van der Waals surface area contributed by atoms with Crippen LogP contribution in [-0.4, -0.2) is 26.1 Å². The predicted molar refractivity (Wildman–Crippen MR) is 72.2 cm³/mol. The first-order valence-corrected chi connectivity index (χ1v) is 6.48. The van der Waals surface area contributed by atoms with Crippen molar-refractivity contribution < 1.29 is 10.0 Å². The van der Waals surface area contributed by atoms with Gasteiger partial charge in [-0.15, -0.1) is 5.10 Å². The van der Waals surface area contributed by atoms with Crippen molar-refractivity contribution in [2.75, 3.05) is 0 Å². The molecule has 1 aromatic carbocycles. The molecule has 0 aliphatic rings. The zero-order valence-electron chi connectivity index (χ0n) is 11.0. The lowest BCUT2D eigenvalue weighted by molar-refractivity contribution is -0.129. The van der Waals surface area contributed by atoms with E-state index in [4.69, 9.17) is 5.21 Å². The molecule has 0 unspecified atom stereocenters. The first-order valence-electron chi connectivity index (χ1n) is 6.48.